The largest absolute Gasteiger partial charge is 0.542 e. The Morgan fingerprint density at radius 2 is 2.27 bits per heavy atom. The number of rotatable bonds is 3. The smallest absolute Gasteiger partial charge is 0.306 e. The van der Waals surface area contributed by atoms with Gasteiger partial charge in [0.05, 0.1) is 12.5 Å². The first-order valence-electron chi connectivity index (χ1n) is 4.95. The molecule has 84 valence electrons. The second-order valence-corrected chi connectivity index (χ2v) is 4.05. The molecule has 0 unspecified atom stereocenters. The zero-order chi connectivity index (χ0) is 10.1. The predicted octanol–water partition coefficient (Wildman–Crippen LogP) is 0.186. The molecular weight excluding hydrogens is 368 g/mol. The summed E-state index contributed by atoms with van der Waals surface area (Å²) in [5, 5.41) is 9.69. The maximum atomic E-state index is 11.0. The van der Waals surface area contributed by atoms with Crippen LogP contribution in [0.1, 0.15) is 25.7 Å². The van der Waals surface area contributed by atoms with Crippen LogP contribution in [-0.2, 0) is 35.4 Å². The fourth-order valence-electron chi connectivity index (χ4n) is 2.61. The van der Waals surface area contributed by atoms with Gasteiger partial charge < -0.3 is 14.6 Å². The normalized spacial score (nSPS) is 38.1. The molecule has 0 radical (unpaired) electrons. The molecule has 1 N–H and O–H groups in total. The van der Waals surface area contributed by atoms with Gasteiger partial charge in [0.15, 0.2) is 0 Å². The Hall–Kier alpha value is -0.212. The molecule has 2 aliphatic rings. The van der Waals surface area contributed by atoms with Crippen molar-refractivity contribution in [3.05, 3.63) is 0 Å². The van der Waals surface area contributed by atoms with Crippen LogP contribution in [0.4, 0.5) is 0 Å². The second kappa shape index (κ2) is 5.22. The van der Waals surface area contributed by atoms with Crippen molar-refractivity contribution in [2.24, 2.45) is 11.8 Å². The molecule has 0 amide bonds. The van der Waals surface area contributed by atoms with Gasteiger partial charge in [-0.2, -0.15) is 6.42 Å². The average molecular weight is 381 g/mol. The maximum absolute atomic E-state index is 11.0. The Morgan fingerprint density at radius 1 is 1.53 bits per heavy atom. The van der Waals surface area contributed by atoms with E-state index in [1.807, 2.05) is 6.29 Å². The molecule has 0 aromatic heterocycles. The van der Waals surface area contributed by atoms with E-state index < -0.39 is 6.10 Å². The summed E-state index contributed by atoms with van der Waals surface area (Å²) in [6.45, 7) is 0. The van der Waals surface area contributed by atoms with Crippen molar-refractivity contribution in [3.8, 4) is 0 Å². The van der Waals surface area contributed by atoms with Gasteiger partial charge in [-0.05, 0) is 5.92 Å². The summed E-state index contributed by atoms with van der Waals surface area (Å²) in [6.07, 6.45) is 3.15. The first-order chi connectivity index (χ1) is 6.72. The molecule has 1 aliphatic carbocycles. The molecule has 4 nitrogen and oxygen atoms in total. The van der Waals surface area contributed by atoms with Crippen molar-refractivity contribution in [2.75, 3.05) is 0 Å². The molecule has 0 aromatic carbocycles. The third kappa shape index (κ3) is 2.48. The van der Waals surface area contributed by atoms with Gasteiger partial charge in [0.25, 0.3) is 0 Å². The molecule has 0 aromatic rings. The van der Waals surface area contributed by atoms with Crippen LogP contribution in [0.25, 0.3) is 0 Å². The van der Waals surface area contributed by atoms with E-state index >= 15 is 0 Å². The van der Waals surface area contributed by atoms with Gasteiger partial charge in [-0.1, -0.05) is 6.42 Å². The Bertz CT molecular complexity index is 256. The van der Waals surface area contributed by atoms with Crippen LogP contribution >= 0.6 is 0 Å². The summed E-state index contributed by atoms with van der Waals surface area (Å²) in [7, 11) is 0. The average Bonchev–Trinajstić information content (AvgIpc) is 2.58. The van der Waals surface area contributed by atoms with E-state index in [1.54, 1.807) is 0 Å². The predicted molar refractivity (Wildman–Crippen MR) is 47.0 cm³/mol. The third-order valence-corrected chi connectivity index (χ3v) is 3.26. The van der Waals surface area contributed by atoms with Crippen LogP contribution < -0.4 is 0 Å². The number of aliphatic hydroxyl groups is 1. The van der Waals surface area contributed by atoms with E-state index in [0.717, 1.165) is 0 Å². The van der Waals surface area contributed by atoms with Gasteiger partial charge in [-0.3, -0.25) is 11.1 Å². The van der Waals surface area contributed by atoms with E-state index in [4.69, 9.17) is 4.74 Å². The number of hydrogen-bond donors (Lipinski definition) is 1. The molecule has 2 rings (SSSR count). The molecule has 1 aliphatic heterocycles. The van der Waals surface area contributed by atoms with Crippen molar-refractivity contribution in [1.82, 2.24) is 0 Å². The molecule has 5 heteroatoms. The zero-order valence-corrected chi connectivity index (χ0v) is 11.2. The summed E-state index contributed by atoms with van der Waals surface area (Å²) >= 11 is 0. The van der Waals surface area contributed by atoms with Gasteiger partial charge in [-0.25, -0.2) is 0 Å². The number of ether oxygens (including phenoxy) is 1. The maximum Gasteiger partial charge on any atom is 0.306 e. The van der Waals surface area contributed by atoms with Crippen LogP contribution in [0, 0.1) is 11.8 Å². The van der Waals surface area contributed by atoms with E-state index in [-0.39, 0.29) is 45.0 Å². The number of hydrogen-bond acceptors (Lipinski definition) is 4. The minimum absolute atomic E-state index is 0. The fraction of sp³-hybridized carbons (Fsp3) is 0.800. The van der Waals surface area contributed by atoms with Crippen molar-refractivity contribution >= 4 is 12.3 Å². The monoisotopic (exact) mass is 381 g/mol. The van der Waals surface area contributed by atoms with Crippen LogP contribution in [0.15, 0.2) is 0 Å². The summed E-state index contributed by atoms with van der Waals surface area (Å²) in [4.78, 5) is 21.1. The van der Waals surface area contributed by atoms with Crippen molar-refractivity contribution in [2.45, 2.75) is 37.9 Å². The van der Waals surface area contributed by atoms with E-state index in [2.05, 4.69) is 0 Å². The summed E-state index contributed by atoms with van der Waals surface area (Å²) in [5.41, 5.74) is 0. The number of carbonyl (C=O) groups excluding carboxylic acids is 2. The van der Waals surface area contributed by atoms with Gasteiger partial charge in [0.2, 0.25) is 0 Å². The first-order valence-corrected chi connectivity index (χ1v) is 4.95. The third-order valence-electron chi connectivity index (χ3n) is 3.26. The van der Waals surface area contributed by atoms with Gasteiger partial charge in [0.1, 0.15) is 6.10 Å². The number of carbonyl (C=O) groups is 1. The van der Waals surface area contributed by atoms with Crippen LogP contribution in [0.2, 0.25) is 0 Å². The Balaban J connectivity index is 0.00000112. The van der Waals surface area contributed by atoms with Crippen LogP contribution in [-0.4, -0.2) is 29.6 Å². The number of aliphatic hydroxyl groups excluding tert-OH is 1. The number of esters is 1. The Morgan fingerprint density at radius 3 is 2.93 bits per heavy atom. The summed E-state index contributed by atoms with van der Waals surface area (Å²) in [6, 6.07) is 0. The van der Waals surface area contributed by atoms with E-state index in [0.29, 0.717) is 25.7 Å². The Kier molecular flexibility index (Phi) is 4.47. The van der Waals surface area contributed by atoms with Gasteiger partial charge in [0, 0.05) is 33.4 Å². The summed E-state index contributed by atoms with van der Waals surface area (Å²) < 4.78 is 5.07. The molecular formula is C10H13O4W-. The van der Waals surface area contributed by atoms with E-state index in [9.17, 15) is 14.7 Å². The molecule has 0 spiro atoms. The second-order valence-electron chi connectivity index (χ2n) is 4.05. The fourth-order valence-corrected chi connectivity index (χ4v) is 2.61. The van der Waals surface area contributed by atoms with Gasteiger partial charge in [-0.15, -0.1) is 0 Å². The molecule has 0 bridgehead atoms. The quantitative estimate of drug-likeness (QED) is 0.560. The standard InChI is InChI=1S/C10H13O4.W/c11-3-1-2-6-7-4-10(13)14-9(7)5-8(6)12;/h6-9,12H,1-2,4-5H2;/q-1;/t6-,7-,8-,9+;/m1./s1. The summed E-state index contributed by atoms with van der Waals surface area (Å²) in [5.74, 6) is -0.0225. The minimum atomic E-state index is -0.425. The first kappa shape index (κ1) is 12.9. The molecule has 1 heterocycles. The minimum Gasteiger partial charge on any atom is -0.542 e. The van der Waals surface area contributed by atoms with Gasteiger partial charge >= 0.3 is 5.97 Å². The topological polar surface area (TPSA) is 63.6 Å². The van der Waals surface area contributed by atoms with Crippen molar-refractivity contribution in [3.63, 3.8) is 0 Å². The molecule has 15 heavy (non-hydrogen) atoms. The molecule has 1 saturated carbocycles. The molecule has 4 atom stereocenters. The van der Waals surface area contributed by atoms with E-state index in [1.165, 1.54) is 0 Å². The molecule has 1 saturated heterocycles. The SMILES string of the molecule is O=[C-]CC[C@@H]1[C@H]2CC(=O)O[C@H]2C[C@H]1O.[W]. The van der Waals surface area contributed by atoms with Crippen molar-refractivity contribution in [1.29, 1.82) is 0 Å². The van der Waals surface area contributed by atoms with Crippen molar-refractivity contribution < 1.29 is 40.5 Å². The number of fused-ring (bicyclic) bond motifs is 1. The van der Waals surface area contributed by atoms with Crippen LogP contribution in [0.3, 0.4) is 0 Å². The molecule has 2 fully saturated rings. The van der Waals surface area contributed by atoms with Crippen LogP contribution in [0.5, 0.6) is 0 Å². The zero-order valence-electron chi connectivity index (χ0n) is 8.22. The Labute approximate surface area is 103 Å².